The minimum Gasteiger partial charge on any atom is -0.383 e. The molecule has 3 aromatic rings. The first kappa shape index (κ1) is 29.7. The van der Waals surface area contributed by atoms with Crippen LogP contribution in [0.15, 0.2) is 42.9 Å². The normalized spacial score (nSPS) is 17.7. The van der Waals surface area contributed by atoms with Crippen LogP contribution < -0.4 is 11.1 Å². The van der Waals surface area contributed by atoms with Gasteiger partial charge in [0.05, 0.1) is 17.9 Å². The lowest BCUT2D eigenvalue weighted by atomic mass is 9.86. The van der Waals surface area contributed by atoms with Crippen molar-refractivity contribution in [1.82, 2.24) is 24.8 Å². The van der Waals surface area contributed by atoms with Crippen molar-refractivity contribution >= 4 is 28.7 Å². The monoisotopic (exact) mass is 548 g/mol. The molecule has 1 fully saturated rings. The lowest BCUT2D eigenvalue weighted by Crippen LogP contribution is -2.38. The Hall–Kier alpha value is -3.30. The van der Waals surface area contributed by atoms with Crippen LogP contribution in [0.4, 0.5) is 5.82 Å². The fourth-order valence-corrected chi connectivity index (χ4v) is 5.24. The number of imide groups is 1. The number of ether oxygens (including phenoxy) is 1. The van der Waals surface area contributed by atoms with Gasteiger partial charge >= 0.3 is 0 Å². The van der Waals surface area contributed by atoms with Crippen LogP contribution in [-0.4, -0.2) is 56.5 Å². The second kappa shape index (κ2) is 12.9. The van der Waals surface area contributed by atoms with Crippen molar-refractivity contribution in [2.24, 2.45) is 0 Å². The lowest BCUT2D eigenvalue weighted by Gasteiger charge is -2.29. The molecule has 4 rings (SSSR count). The van der Waals surface area contributed by atoms with Gasteiger partial charge in [-0.05, 0) is 68.7 Å². The number of rotatable bonds is 11. The molecule has 0 radical (unpaired) electrons. The number of anilines is 1. The van der Waals surface area contributed by atoms with Gasteiger partial charge in [0.2, 0.25) is 11.8 Å². The molecule has 0 saturated carbocycles. The molecule has 0 spiro atoms. The first-order chi connectivity index (χ1) is 19.0. The molecule has 9 heteroatoms. The molecule has 40 heavy (non-hydrogen) atoms. The summed E-state index contributed by atoms with van der Waals surface area (Å²) < 4.78 is 8.46. The van der Waals surface area contributed by atoms with Crippen molar-refractivity contribution in [1.29, 1.82) is 0 Å². The molecular formula is C31H44N6O3. The third-order valence-electron chi connectivity index (χ3n) is 7.67. The Balaban J connectivity index is 1.17. The third kappa shape index (κ3) is 7.67. The summed E-state index contributed by atoms with van der Waals surface area (Å²) in [6.45, 7) is 12.6. The van der Waals surface area contributed by atoms with Gasteiger partial charge in [0.25, 0.3) is 0 Å². The highest BCUT2D eigenvalue weighted by molar-refractivity contribution is 5.96. The van der Waals surface area contributed by atoms with Gasteiger partial charge in [-0.2, -0.15) is 0 Å². The Morgan fingerprint density at radius 3 is 2.55 bits per heavy atom. The number of carbonyl (C=O) groups excluding carboxylic acids is 2. The average molecular weight is 549 g/mol. The maximum Gasteiger partial charge on any atom is 0.230 e. The molecular weight excluding hydrogens is 504 g/mol. The van der Waals surface area contributed by atoms with E-state index in [1.54, 1.807) is 0 Å². The van der Waals surface area contributed by atoms with Crippen LogP contribution in [0, 0.1) is 0 Å². The van der Waals surface area contributed by atoms with Crippen molar-refractivity contribution in [3.8, 4) is 0 Å². The first-order valence-electron chi connectivity index (χ1n) is 14.4. The number of fused-ring (bicyclic) bond motifs is 1. The molecule has 2 amide bonds. The molecule has 1 aromatic carbocycles. The maximum atomic E-state index is 12.4. The molecule has 0 aliphatic carbocycles. The van der Waals surface area contributed by atoms with Crippen LogP contribution in [-0.2, 0) is 26.2 Å². The largest absolute Gasteiger partial charge is 0.383 e. The van der Waals surface area contributed by atoms with Crippen molar-refractivity contribution in [2.45, 2.75) is 96.9 Å². The summed E-state index contributed by atoms with van der Waals surface area (Å²) in [4.78, 5) is 35.6. The average Bonchev–Trinajstić information content (AvgIpc) is 3.53. The molecule has 1 aliphatic rings. The Morgan fingerprint density at radius 1 is 1.10 bits per heavy atom. The van der Waals surface area contributed by atoms with Crippen LogP contribution in [0.5, 0.6) is 0 Å². The molecule has 2 atom stereocenters. The smallest absolute Gasteiger partial charge is 0.230 e. The van der Waals surface area contributed by atoms with Gasteiger partial charge in [-0.1, -0.05) is 45.0 Å². The van der Waals surface area contributed by atoms with Crippen molar-refractivity contribution < 1.29 is 14.3 Å². The van der Waals surface area contributed by atoms with E-state index in [9.17, 15) is 9.59 Å². The molecule has 3 N–H and O–H groups in total. The number of nitrogens with one attached hydrogen (secondary N) is 1. The van der Waals surface area contributed by atoms with Gasteiger partial charge in [0, 0.05) is 25.2 Å². The van der Waals surface area contributed by atoms with E-state index in [0.717, 1.165) is 55.4 Å². The summed E-state index contributed by atoms with van der Waals surface area (Å²) in [5.41, 5.74) is 8.98. The van der Waals surface area contributed by atoms with E-state index in [4.69, 9.17) is 10.5 Å². The summed E-state index contributed by atoms with van der Waals surface area (Å²) in [5, 5.41) is 3.39. The second-order valence-electron chi connectivity index (χ2n) is 12.2. The number of hydrogen-bond donors (Lipinski definition) is 2. The molecule has 1 aliphatic heterocycles. The number of nitrogen functional groups attached to an aromatic ring is 1. The van der Waals surface area contributed by atoms with Crippen molar-refractivity contribution in [3.63, 3.8) is 0 Å². The fraction of sp³-hybridized carbons (Fsp3) is 0.548. The number of nitrogens with zero attached hydrogens (tertiary/aromatic N) is 4. The highest BCUT2D eigenvalue weighted by Crippen LogP contribution is 2.32. The SMILES string of the molecule is CC(C)N(CCCCC(=O)NC(=O)Cc1ccc(C(C)(C)C)cc1)C[C@@H]1CC[C@H](n2ccc3c(N)ncnc32)O1. The van der Waals surface area contributed by atoms with Crippen LogP contribution in [0.25, 0.3) is 11.0 Å². The summed E-state index contributed by atoms with van der Waals surface area (Å²) >= 11 is 0. The highest BCUT2D eigenvalue weighted by Gasteiger charge is 2.29. The topological polar surface area (TPSA) is 115 Å². The van der Waals surface area contributed by atoms with E-state index in [-0.39, 0.29) is 36.0 Å². The van der Waals surface area contributed by atoms with Gasteiger partial charge in [0.1, 0.15) is 24.0 Å². The summed E-state index contributed by atoms with van der Waals surface area (Å²) in [6, 6.07) is 10.3. The zero-order valence-corrected chi connectivity index (χ0v) is 24.5. The Kier molecular flexibility index (Phi) is 9.58. The molecule has 0 bridgehead atoms. The van der Waals surface area contributed by atoms with Gasteiger partial charge in [0.15, 0.2) is 0 Å². The Morgan fingerprint density at radius 2 is 1.85 bits per heavy atom. The van der Waals surface area contributed by atoms with Crippen LogP contribution in [0.3, 0.4) is 0 Å². The molecule has 9 nitrogen and oxygen atoms in total. The highest BCUT2D eigenvalue weighted by atomic mass is 16.5. The van der Waals surface area contributed by atoms with E-state index >= 15 is 0 Å². The fourth-order valence-electron chi connectivity index (χ4n) is 5.24. The molecule has 2 aromatic heterocycles. The summed E-state index contributed by atoms with van der Waals surface area (Å²) in [6.07, 6.45) is 7.57. The molecule has 3 heterocycles. The van der Waals surface area contributed by atoms with Crippen LogP contribution in [0.1, 0.15) is 84.1 Å². The number of aromatic nitrogens is 3. The number of benzene rings is 1. The summed E-state index contributed by atoms with van der Waals surface area (Å²) in [7, 11) is 0. The standard InChI is InChI=1S/C31H44N6O3/c1-21(2)36(19-24-13-14-28(40-24)37-17-15-25-29(32)33-20-34-30(25)37)16-7-6-8-26(38)35-27(39)18-22-9-11-23(12-10-22)31(3,4)5/h9-12,15,17,20-21,24,28H,6-8,13-14,16,18-19H2,1-5H3,(H2,32,33,34)(H,35,38,39)/t24-,28+/m0/s1. The predicted molar refractivity (Wildman–Crippen MR) is 158 cm³/mol. The predicted octanol–water partition coefficient (Wildman–Crippen LogP) is 4.75. The Bertz CT molecular complexity index is 1290. The van der Waals surface area contributed by atoms with Gasteiger partial charge in [-0.3, -0.25) is 19.8 Å². The number of amides is 2. The third-order valence-corrected chi connectivity index (χ3v) is 7.67. The maximum absolute atomic E-state index is 12.4. The van der Waals surface area contributed by atoms with E-state index in [2.05, 4.69) is 66.9 Å². The van der Waals surface area contributed by atoms with Crippen LogP contribution in [0.2, 0.25) is 0 Å². The van der Waals surface area contributed by atoms with E-state index < -0.39 is 0 Å². The number of nitrogens with two attached hydrogens (primary N) is 1. The number of unbranched alkanes of at least 4 members (excludes halogenated alkanes) is 1. The van der Waals surface area contributed by atoms with Gasteiger partial charge < -0.3 is 15.0 Å². The molecule has 216 valence electrons. The zero-order chi connectivity index (χ0) is 28.9. The van der Waals surface area contributed by atoms with E-state index in [0.29, 0.717) is 18.3 Å². The zero-order valence-electron chi connectivity index (χ0n) is 24.5. The second-order valence-corrected chi connectivity index (χ2v) is 12.2. The lowest BCUT2D eigenvalue weighted by molar-refractivity contribution is -0.130. The molecule has 0 unspecified atom stereocenters. The quantitative estimate of drug-likeness (QED) is 0.332. The minimum atomic E-state index is -0.255. The van der Waals surface area contributed by atoms with Crippen molar-refractivity contribution in [3.05, 3.63) is 54.0 Å². The van der Waals surface area contributed by atoms with E-state index in [1.807, 2.05) is 29.0 Å². The summed E-state index contributed by atoms with van der Waals surface area (Å²) in [5.74, 6) is 0.0147. The van der Waals surface area contributed by atoms with Crippen LogP contribution >= 0.6 is 0 Å². The Labute approximate surface area is 237 Å². The number of hydrogen-bond acceptors (Lipinski definition) is 7. The minimum absolute atomic E-state index is 0.0662. The van der Waals surface area contributed by atoms with E-state index in [1.165, 1.54) is 11.9 Å². The van der Waals surface area contributed by atoms with Gasteiger partial charge in [-0.25, -0.2) is 9.97 Å². The first-order valence-corrected chi connectivity index (χ1v) is 14.4. The van der Waals surface area contributed by atoms with Crippen molar-refractivity contribution in [2.75, 3.05) is 18.8 Å². The number of carbonyl (C=O) groups is 2. The molecule has 1 saturated heterocycles. The van der Waals surface area contributed by atoms with Gasteiger partial charge in [-0.15, -0.1) is 0 Å².